The number of nitrogens with zero attached hydrogens (tertiary/aromatic N) is 1. The number of carbonyl (C=O) groups excluding carboxylic acids is 1. The highest BCUT2D eigenvalue weighted by Gasteiger charge is 2.27. The van der Waals surface area contributed by atoms with E-state index in [0.717, 1.165) is 17.5 Å². The summed E-state index contributed by atoms with van der Waals surface area (Å²) in [6.45, 7) is 4.96. The van der Waals surface area contributed by atoms with E-state index in [4.69, 9.17) is 28.9 Å². The SMILES string of the molecule is CC(N)C(C)C(=O)N1CCc2cc(Cl)cc(Cl)c2C1.Cl. The monoisotopic (exact) mass is 336 g/mol. The van der Waals surface area contributed by atoms with E-state index in [0.29, 0.717) is 23.1 Å². The molecule has 1 aliphatic rings. The number of carbonyl (C=O) groups is 1. The molecule has 20 heavy (non-hydrogen) atoms. The molecule has 0 fully saturated rings. The van der Waals surface area contributed by atoms with Crippen LogP contribution >= 0.6 is 35.6 Å². The predicted octanol–water partition coefficient (Wildman–Crippen LogP) is 3.28. The number of rotatable bonds is 2. The van der Waals surface area contributed by atoms with Crippen LogP contribution in [0.5, 0.6) is 0 Å². The van der Waals surface area contributed by atoms with Crippen LogP contribution < -0.4 is 5.73 Å². The summed E-state index contributed by atoms with van der Waals surface area (Å²) in [5.74, 6) is -0.0840. The summed E-state index contributed by atoms with van der Waals surface area (Å²) in [6.07, 6.45) is 0.785. The summed E-state index contributed by atoms with van der Waals surface area (Å²) in [7, 11) is 0. The van der Waals surface area contributed by atoms with Gasteiger partial charge in [-0.1, -0.05) is 30.1 Å². The first-order valence-corrected chi connectivity index (χ1v) is 7.17. The van der Waals surface area contributed by atoms with Crippen molar-refractivity contribution in [2.24, 2.45) is 11.7 Å². The molecular formula is C14H19Cl3N2O. The third-order valence-electron chi connectivity index (χ3n) is 3.74. The molecule has 0 saturated heterocycles. The minimum absolute atomic E-state index is 0. The van der Waals surface area contributed by atoms with Crippen LogP contribution in [0.15, 0.2) is 12.1 Å². The number of hydrogen-bond acceptors (Lipinski definition) is 2. The zero-order valence-corrected chi connectivity index (χ0v) is 13.9. The van der Waals surface area contributed by atoms with E-state index in [9.17, 15) is 4.79 Å². The fraction of sp³-hybridized carbons (Fsp3) is 0.500. The van der Waals surface area contributed by atoms with E-state index in [2.05, 4.69) is 0 Å². The molecule has 0 saturated carbocycles. The molecule has 6 heteroatoms. The lowest BCUT2D eigenvalue weighted by molar-refractivity contribution is -0.136. The summed E-state index contributed by atoms with van der Waals surface area (Å²) >= 11 is 12.2. The van der Waals surface area contributed by atoms with Gasteiger partial charge in [-0.2, -0.15) is 0 Å². The van der Waals surface area contributed by atoms with Gasteiger partial charge in [0.25, 0.3) is 0 Å². The molecule has 2 atom stereocenters. The average molecular weight is 338 g/mol. The minimum Gasteiger partial charge on any atom is -0.338 e. The number of benzene rings is 1. The maximum absolute atomic E-state index is 12.3. The fourth-order valence-electron chi connectivity index (χ4n) is 2.28. The van der Waals surface area contributed by atoms with Crippen molar-refractivity contribution in [3.05, 3.63) is 33.3 Å². The predicted molar refractivity (Wildman–Crippen MR) is 85.6 cm³/mol. The fourth-order valence-corrected chi connectivity index (χ4v) is 2.88. The van der Waals surface area contributed by atoms with Crippen LogP contribution in [-0.2, 0) is 17.8 Å². The van der Waals surface area contributed by atoms with Crippen LogP contribution in [0, 0.1) is 5.92 Å². The van der Waals surface area contributed by atoms with Gasteiger partial charge in [0.05, 0.1) is 5.92 Å². The minimum atomic E-state index is -0.173. The van der Waals surface area contributed by atoms with Gasteiger partial charge < -0.3 is 10.6 Å². The van der Waals surface area contributed by atoms with Gasteiger partial charge in [0.1, 0.15) is 0 Å². The molecular weight excluding hydrogens is 319 g/mol. The molecule has 2 rings (SSSR count). The molecule has 0 aromatic heterocycles. The van der Waals surface area contributed by atoms with Gasteiger partial charge in [-0.05, 0) is 36.6 Å². The Morgan fingerprint density at radius 1 is 1.35 bits per heavy atom. The molecule has 1 aromatic carbocycles. The Balaban J connectivity index is 0.00000200. The van der Waals surface area contributed by atoms with Crippen molar-refractivity contribution in [1.29, 1.82) is 0 Å². The maximum Gasteiger partial charge on any atom is 0.227 e. The van der Waals surface area contributed by atoms with Crippen LogP contribution in [0.1, 0.15) is 25.0 Å². The number of fused-ring (bicyclic) bond motifs is 1. The second kappa shape index (κ2) is 6.99. The van der Waals surface area contributed by atoms with Crippen LogP contribution in [0.2, 0.25) is 10.0 Å². The van der Waals surface area contributed by atoms with Gasteiger partial charge >= 0.3 is 0 Å². The van der Waals surface area contributed by atoms with Crippen molar-refractivity contribution in [1.82, 2.24) is 4.90 Å². The third-order valence-corrected chi connectivity index (χ3v) is 4.30. The number of hydrogen-bond donors (Lipinski definition) is 1. The summed E-state index contributed by atoms with van der Waals surface area (Å²) in [6, 6.07) is 3.51. The zero-order chi connectivity index (χ0) is 14.2. The first-order valence-electron chi connectivity index (χ1n) is 6.41. The quantitative estimate of drug-likeness (QED) is 0.900. The van der Waals surface area contributed by atoms with Crippen molar-refractivity contribution in [3.63, 3.8) is 0 Å². The first-order chi connectivity index (χ1) is 8.90. The Hall–Kier alpha value is -0.480. The van der Waals surface area contributed by atoms with Gasteiger partial charge in [0.15, 0.2) is 0 Å². The van der Waals surface area contributed by atoms with E-state index in [1.807, 2.05) is 24.8 Å². The van der Waals surface area contributed by atoms with E-state index in [1.54, 1.807) is 6.07 Å². The average Bonchev–Trinajstić information content (AvgIpc) is 2.36. The number of halogens is 3. The van der Waals surface area contributed by atoms with E-state index < -0.39 is 0 Å². The highest BCUT2D eigenvalue weighted by molar-refractivity contribution is 6.35. The second-order valence-corrected chi connectivity index (χ2v) is 6.03. The summed E-state index contributed by atoms with van der Waals surface area (Å²) in [4.78, 5) is 14.1. The molecule has 0 aliphatic carbocycles. The third kappa shape index (κ3) is 3.59. The van der Waals surface area contributed by atoms with Crippen molar-refractivity contribution in [2.45, 2.75) is 32.9 Å². The van der Waals surface area contributed by atoms with Gasteiger partial charge in [0.2, 0.25) is 5.91 Å². The molecule has 1 heterocycles. The molecule has 3 nitrogen and oxygen atoms in total. The van der Waals surface area contributed by atoms with Crippen molar-refractivity contribution in [3.8, 4) is 0 Å². The van der Waals surface area contributed by atoms with Crippen molar-refractivity contribution < 1.29 is 4.79 Å². The second-order valence-electron chi connectivity index (χ2n) is 5.18. The number of nitrogens with two attached hydrogens (primary N) is 1. The molecule has 1 aromatic rings. The van der Waals surface area contributed by atoms with Crippen LogP contribution in [0.25, 0.3) is 0 Å². The van der Waals surface area contributed by atoms with Gasteiger partial charge in [0, 0.05) is 29.2 Å². The normalized spacial score (nSPS) is 16.9. The lowest BCUT2D eigenvalue weighted by Gasteiger charge is -2.32. The molecule has 0 radical (unpaired) electrons. The highest BCUT2D eigenvalue weighted by Crippen LogP contribution is 2.30. The lowest BCUT2D eigenvalue weighted by Crippen LogP contribution is -2.43. The Labute approximate surface area is 135 Å². The van der Waals surface area contributed by atoms with Crippen LogP contribution in [0.4, 0.5) is 0 Å². The largest absolute Gasteiger partial charge is 0.338 e. The zero-order valence-electron chi connectivity index (χ0n) is 11.5. The van der Waals surface area contributed by atoms with Gasteiger partial charge in [-0.25, -0.2) is 0 Å². The van der Waals surface area contributed by atoms with Crippen molar-refractivity contribution >= 4 is 41.5 Å². The van der Waals surface area contributed by atoms with Gasteiger partial charge in [-0.3, -0.25) is 4.79 Å². The molecule has 1 amide bonds. The molecule has 112 valence electrons. The molecule has 2 unspecified atom stereocenters. The first kappa shape index (κ1) is 17.6. The lowest BCUT2D eigenvalue weighted by atomic mass is 9.97. The van der Waals surface area contributed by atoms with E-state index in [-0.39, 0.29) is 30.3 Å². The smallest absolute Gasteiger partial charge is 0.227 e. The number of amides is 1. The summed E-state index contributed by atoms with van der Waals surface area (Å²) in [5, 5.41) is 1.28. The Kier molecular flexibility index (Phi) is 6.14. The molecule has 1 aliphatic heterocycles. The summed E-state index contributed by atoms with van der Waals surface area (Å²) < 4.78 is 0. The van der Waals surface area contributed by atoms with E-state index >= 15 is 0 Å². The van der Waals surface area contributed by atoms with Crippen molar-refractivity contribution in [2.75, 3.05) is 6.54 Å². The Morgan fingerprint density at radius 3 is 2.60 bits per heavy atom. The van der Waals surface area contributed by atoms with Gasteiger partial charge in [-0.15, -0.1) is 12.4 Å². The molecule has 2 N–H and O–H groups in total. The molecule has 0 bridgehead atoms. The molecule has 0 spiro atoms. The summed E-state index contributed by atoms with van der Waals surface area (Å²) in [5.41, 5.74) is 7.93. The van der Waals surface area contributed by atoms with Crippen LogP contribution in [-0.4, -0.2) is 23.4 Å². The van der Waals surface area contributed by atoms with Crippen LogP contribution in [0.3, 0.4) is 0 Å². The maximum atomic E-state index is 12.3. The topological polar surface area (TPSA) is 46.3 Å². The van der Waals surface area contributed by atoms with E-state index in [1.165, 1.54) is 0 Å². The Morgan fingerprint density at radius 2 is 2.00 bits per heavy atom. The Bertz CT molecular complexity index is 505. The standard InChI is InChI=1S/C14H18Cl2N2O.ClH/c1-8(9(2)17)14(19)18-4-3-10-5-11(15)6-13(16)12(10)7-18;/h5-6,8-9H,3-4,7,17H2,1-2H3;1H. The highest BCUT2D eigenvalue weighted by atomic mass is 35.5.